The maximum Gasteiger partial charge on any atom is 0.251 e. The summed E-state index contributed by atoms with van der Waals surface area (Å²) in [5.41, 5.74) is 0.690. The Labute approximate surface area is 261 Å². The fraction of sp³-hybridized carbons (Fsp3) is 0.581. The smallest absolute Gasteiger partial charge is 0.251 e. The molecular weight excluding hydrogens is 626 g/mol. The molecule has 224 valence electrons. The second-order valence-corrected chi connectivity index (χ2v) is 14.3. The molecule has 3 saturated heterocycles. The molecule has 2 bridgehead atoms. The zero-order valence-electron chi connectivity index (χ0n) is 23.7. The number of benzene rings is 1. The average molecular weight is 667 g/mol. The Morgan fingerprint density at radius 2 is 1.83 bits per heavy atom. The van der Waals surface area contributed by atoms with Crippen molar-refractivity contribution in [2.24, 2.45) is 11.8 Å². The van der Waals surface area contributed by atoms with E-state index in [4.69, 9.17) is 11.6 Å². The fourth-order valence-corrected chi connectivity index (χ4v) is 10.6. The Morgan fingerprint density at radius 3 is 2.46 bits per heavy atom. The molecule has 1 spiro atoms. The van der Waals surface area contributed by atoms with E-state index in [9.17, 15) is 19.5 Å². The van der Waals surface area contributed by atoms with E-state index in [-0.39, 0.29) is 41.0 Å². The lowest BCUT2D eigenvalue weighted by molar-refractivity contribution is -0.143. The van der Waals surface area contributed by atoms with Gasteiger partial charge in [-0.1, -0.05) is 59.4 Å². The van der Waals surface area contributed by atoms with Gasteiger partial charge in [-0.25, -0.2) is 0 Å². The summed E-state index contributed by atoms with van der Waals surface area (Å²) >= 11 is 11.7. The van der Waals surface area contributed by atoms with Crippen molar-refractivity contribution in [3.8, 4) is 0 Å². The van der Waals surface area contributed by atoms with Gasteiger partial charge in [-0.05, 0) is 49.9 Å². The molecule has 41 heavy (non-hydrogen) atoms. The van der Waals surface area contributed by atoms with Gasteiger partial charge in [0, 0.05) is 53.6 Å². The third-order valence-corrected chi connectivity index (χ3v) is 12.0. The average Bonchev–Trinajstić information content (AvgIpc) is 3.54. The number of hydrogen-bond donors (Lipinski definition) is 1. The lowest BCUT2D eigenvalue weighted by Gasteiger charge is -2.38. The molecule has 10 heteroatoms. The zero-order chi connectivity index (χ0) is 29.7. The van der Waals surface area contributed by atoms with Gasteiger partial charge < -0.3 is 19.8 Å². The highest BCUT2D eigenvalue weighted by Gasteiger charge is 2.76. The molecule has 3 aliphatic rings. The van der Waals surface area contributed by atoms with Crippen molar-refractivity contribution >= 4 is 62.7 Å². The van der Waals surface area contributed by atoms with Crippen molar-refractivity contribution < 1.29 is 19.5 Å². The maximum absolute atomic E-state index is 14.6. The molecule has 0 saturated carbocycles. The number of aliphatic hydroxyl groups is 1. The molecule has 1 N–H and O–H groups in total. The number of aliphatic hydroxyl groups excluding tert-OH is 1. The van der Waals surface area contributed by atoms with Crippen LogP contribution < -0.4 is 4.90 Å². The standard InChI is InChI=1S/C31H41BrClN3O4S/c1-4-15-34(16-5-2)28(38)24-25-29(39)36(18-9-7-8-10-19-37)27(31(25)20-23(32)26(24)41-31)30(40)35(17-6-3)22-13-11-21(33)12-14-22/h4,6,11-14,23-27,37H,1,3,5,7-10,15-20H2,2H3/t23?,24-,25-,26-,27?,31?/m0/s1. The van der Waals surface area contributed by atoms with Crippen LogP contribution >= 0.6 is 39.3 Å². The van der Waals surface area contributed by atoms with Gasteiger partial charge in [-0.3, -0.25) is 14.4 Å². The SMILES string of the molecule is C=CCN(CCC)C(=O)[C@H]1[C@H]2C(=O)N(CCCCCCO)C(C(=O)N(CC=C)c3ccc(Cl)cc3)C23CC(Br)[C@@H]1S3. The lowest BCUT2D eigenvalue weighted by Crippen LogP contribution is -2.56. The molecule has 0 aliphatic carbocycles. The Balaban J connectivity index is 1.74. The van der Waals surface area contributed by atoms with E-state index < -0.39 is 22.6 Å². The van der Waals surface area contributed by atoms with E-state index in [0.29, 0.717) is 43.2 Å². The molecule has 6 atom stereocenters. The Morgan fingerprint density at radius 1 is 1.15 bits per heavy atom. The van der Waals surface area contributed by atoms with Crippen molar-refractivity contribution in [2.45, 2.75) is 66.3 Å². The van der Waals surface area contributed by atoms with Crippen molar-refractivity contribution in [2.75, 3.05) is 37.7 Å². The number of carbonyl (C=O) groups is 3. The van der Waals surface area contributed by atoms with Crippen molar-refractivity contribution in [1.82, 2.24) is 9.80 Å². The fourth-order valence-electron chi connectivity index (χ4n) is 6.83. The number of amides is 3. The van der Waals surface area contributed by atoms with Crippen LogP contribution in [-0.2, 0) is 14.4 Å². The Bertz CT molecular complexity index is 1140. The highest BCUT2D eigenvalue weighted by molar-refractivity contribution is 9.09. The van der Waals surface area contributed by atoms with Gasteiger partial charge in [0.25, 0.3) is 5.91 Å². The topological polar surface area (TPSA) is 81.2 Å². The highest BCUT2D eigenvalue weighted by atomic mass is 79.9. The monoisotopic (exact) mass is 665 g/mol. The lowest BCUT2D eigenvalue weighted by atomic mass is 9.70. The number of nitrogens with zero attached hydrogens (tertiary/aromatic N) is 3. The first kappa shape index (κ1) is 32.1. The minimum absolute atomic E-state index is 0.0147. The molecule has 3 fully saturated rings. The predicted molar refractivity (Wildman–Crippen MR) is 171 cm³/mol. The van der Waals surface area contributed by atoms with E-state index in [0.717, 1.165) is 25.7 Å². The molecule has 1 aromatic rings. The molecular formula is C31H41BrClN3O4S. The third-order valence-electron chi connectivity index (χ3n) is 8.49. The largest absolute Gasteiger partial charge is 0.396 e. The molecule has 3 heterocycles. The quantitative estimate of drug-likeness (QED) is 0.156. The van der Waals surface area contributed by atoms with Gasteiger partial charge in [0.15, 0.2) is 0 Å². The molecule has 3 unspecified atom stereocenters. The first-order chi connectivity index (χ1) is 19.7. The number of likely N-dealkylation sites (tertiary alicyclic amines) is 1. The molecule has 3 aliphatic heterocycles. The molecule has 0 aromatic heterocycles. The minimum atomic E-state index is -0.712. The van der Waals surface area contributed by atoms with Gasteiger partial charge in [0.2, 0.25) is 11.8 Å². The number of rotatable bonds is 15. The van der Waals surface area contributed by atoms with Gasteiger partial charge >= 0.3 is 0 Å². The number of hydrogen-bond acceptors (Lipinski definition) is 5. The molecule has 0 radical (unpaired) electrons. The summed E-state index contributed by atoms with van der Waals surface area (Å²) in [6.07, 6.45) is 8.01. The van der Waals surface area contributed by atoms with Crippen LogP contribution in [0.4, 0.5) is 5.69 Å². The van der Waals surface area contributed by atoms with Gasteiger partial charge in [-0.15, -0.1) is 24.9 Å². The number of thioether (sulfide) groups is 1. The van der Waals surface area contributed by atoms with E-state index in [2.05, 4.69) is 29.1 Å². The van der Waals surface area contributed by atoms with Crippen LogP contribution in [-0.4, -0.2) is 86.3 Å². The van der Waals surface area contributed by atoms with Crippen LogP contribution in [0.5, 0.6) is 0 Å². The molecule has 4 rings (SSSR count). The summed E-state index contributed by atoms with van der Waals surface area (Å²) in [4.78, 5) is 48.4. The zero-order valence-corrected chi connectivity index (χ0v) is 26.9. The Kier molecular flexibility index (Phi) is 11.0. The number of fused-ring (bicyclic) bond motifs is 1. The predicted octanol–water partition coefficient (Wildman–Crippen LogP) is 5.30. The van der Waals surface area contributed by atoms with Crippen molar-refractivity contribution in [3.05, 3.63) is 54.6 Å². The van der Waals surface area contributed by atoms with E-state index in [1.165, 1.54) is 0 Å². The Hall–Kier alpha value is -1.81. The van der Waals surface area contributed by atoms with Gasteiger partial charge in [0.1, 0.15) is 6.04 Å². The van der Waals surface area contributed by atoms with Crippen LogP contribution in [0, 0.1) is 11.8 Å². The summed E-state index contributed by atoms with van der Waals surface area (Å²) < 4.78 is -0.712. The van der Waals surface area contributed by atoms with Crippen LogP contribution in [0.3, 0.4) is 0 Å². The summed E-state index contributed by atoms with van der Waals surface area (Å²) in [5, 5.41) is 9.68. The first-order valence-corrected chi connectivity index (χ1v) is 16.7. The van der Waals surface area contributed by atoms with Crippen molar-refractivity contribution in [1.29, 1.82) is 0 Å². The first-order valence-electron chi connectivity index (χ1n) is 14.6. The molecule has 3 amide bonds. The minimum Gasteiger partial charge on any atom is -0.396 e. The van der Waals surface area contributed by atoms with Gasteiger partial charge in [0.05, 0.1) is 16.6 Å². The number of halogens is 2. The number of alkyl halides is 1. The van der Waals surface area contributed by atoms with Crippen LogP contribution in [0.15, 0.2) is 49.6 Å². The maximum atomic E-state index is 14.6. The number of carbonyl (C=O) groups excluding carboxylic acids is 3. The van der Waals surface area contributed by atoms with Crippen LogP contribution in [0.25, 0.3) is 0 Å². The van der Waals surface area contributed by atoms with Crippen molar-refractivity contribution in [3.63, 3.8) is 0 Å². The van der Waals surface area contributed by atoms with E-state index >= 15 is 0 Å². The van der Waals surface area contributed by atoms with E-state index in [1.54, 1.807) is 45.8 Å². The second kappa shape index (κ2) is 14.1. The summed E-state index contributed by atoms with van der Waals surface area (Å²) in [6.45, 7) is 11.7. The normalized spacial score (nSPS) is 28.0. The highest BCUT2D eigenvalue weighted by Crippen LogP contribution is 2.68. The van der Waals surface area contributed by atoms with Crippen LogP contribution in [0.2, 0.25) is 5.02 Å². The summed E-state index contributed by atoms with van der Waals surface area (Å²) in [5.74, 6) is -1.34. The second-order valence-electron chi connectivity index (χ2n) is 11.1. The van der Waals surface area contributed by atoms with E-state index in [1.807, 2.05) is 24.0 Å². The number of unbranched alkanes of at least 4 members (excludes halogenated alkanes) is 3. The summed E-state index contributed by atoms with van der Waals surface area (Å²) in [6, 6.07) is 6.42. The molecule has 1 aromatic carbocycles. The third kappa shape index (κ3) is 6.15. The van der Waals surface area contributed by atoms with Gasteiger partial charge in [-0.2, -0.15) is 0 Å². The molecule has 7 nitrogen and oxygen atoms in total. The summed E-state index contributed by atoms with van der Waals surface area (Å²) in [7, 11) is 0. The number of anilines is 1. The van der Waals surface area contributed by atoms with Crippen LogP contribution in [0.1, 0.15) is 45.4 Å².